The van der Waals surface area contributed by atoms with Crippen molar-refractivity contribution < 1.29 is 9.66 Å². The highest BCUT2D eigenvalue weighted by molar-refractivity contribution is 7.99. The van der Waals surface area contributed by atoms with Gasteiger partial charge < -0.3 is 4.74 Å². The lowest BCUT2D eigenvalue weighted by Crippen LogP contribution is -2.10. The Labute approximate surface area is 125 Å². The van der Waals surface area contributed by atoms with Crippen molar-refractivity contribution in [1.29, 1.82) is 0 Å². The molecule has 5 heteroatoms. The van der Waals surface area contributed by atoms with Crippen LogP contribution in [0.15, 0.2) is 24.3 Å². The molecule has 1 aromatic rings. The maximum absolute atomic E-state index is 10.8. The number of thioether (sulfide) groups is 1. The molecule has 20 heavy (non-hydrogen) atoms. The molecule has 4 nitrogen and oxygen atoms in total. The molecule has 0 aromatic heterocycles. The topological polar surface area (TPSA) is 52.4 Å². The summed E-state index contributed by atoms with van der Waals surface area (Å²) in [4.78, 5) is 10.6. The molecule has 0 spiro atoms. The Kier molecular flexibility index (Phi) is 8.11. The van der Waals surface area contributed by atoms with E-state index in [2.05, 4.69) is 6.92 Å². The highest BCUT2D eigenvalue weighted by atomic mass is 32.2. The molecule has 0 fully saturated rings. The summed E-state index contributed by atoms with van der Waals surface area (Å²) in [5, 5.41) is 10.7. The molecule has 1 unspecified atom stereocenters. The maximum Gasteiger partial charge on any atom is 0.219 e. The van der Waals surface area contributed by atoms with Gasteiger partial charge in [0, 0.05) is 4.92 Å². The first-order valence-electron chi connectivity index (χ1n) is 7.04. The highest BCUT2D eigenvalue weighted by Crippen LogP contribution is 2.31. The highest BCUT2D eigenvalue weighted by Gasteiger charge is 2.18. The van der Waals surface area contributed by atoms with Crippen LogP contribution in [0.4, 0.5) is 0 Å². The zero-order valence-electron chi connectivity index (χ0n) is 12.2. The van der Waals surface area contributed by atoms with Gasteiger partial charge in [0.25, 0.3) is 0 Å². The van der Waals surface area contributed by atoms with Crippen LogP contribution in [-0.2, 0) is 0 Å². The molecule has 0 aliphatic rings. The van der Waals surface area contributed by atoms with Crippen molar-refractivity contribution in [3.63, 3.8) is 0 Å². The first-order chi connectivity index (χ1) is 9.67. The molecule has 0 aliphatic heterocycles. The number of hydrogen-bond acceptors (Lipinski definition) is 4. The molecule has 0 N–H and O–H groups in total. The molecule has 1 aromatic carbocycles. The minimum absolute atomic E-state index is 0.0230. The third kappa shape index (κ3) is 6.28. The van der Waals surface area contributed by atoms with Gasteiger partial charge in [-0.05, 0) is 29.9 Å². The van der Waals surface area contributed by atoms with Crippen molar-refractivity contribution in [3.05, 3.63) is 39.9 Å². The van der Waals surface area contributed by atoms with E-state index in [1.165, 1.54) is 19.3 Å². The molecular weight excluding hydrogens is 274 g/mol. The van der Waals surface area contributed by atoms with Gasteiger partial charge in [-0.2, -0.15) is 0 Å². The van der Waals surface area contributed by atoms with E-state index in [1.807, 2.05) is 24.3 Å². The largest absolute Gasteiger partial charge is 0.497 e. The lowest BCUT2D eigenvalue weighted by Gasteiger charge is -2.13. The lowest BCUT2D eigenvalue weighted by molar-refractivity contribution is -0.479. The van der Waals surface area contributed by atoms with Crippen molar-refractivity contribution >= 4 is 11.8 Å². The van der Waals surface area contributed by atoms with Crippen molar-refractivity contribution in [2.45, 2.75) is 37.9 Å². The van der Waals surface area contributed by atoms with Gasteiger partial charge >= 0.3 is 0 Å². The summed E-state index contributed by atoms with van der Waals surface area (Å²) in [5.41, 5.74) is 1.00. The molecule has 0 heterocycles. The molecule has 0 radical (unpaired) electrons. The Bertz CT molecular complexity index is 395. The number of unbranched alkanes of at least 4 members (excludes halogenated alkanes) is 3. The number of ether oxygens (including phenoxy) is 1. The fraction of sp³-hybridized carbons (Fsp3) is 0.600. The van der Waals surface area contributed by atoms with Gasteiger partial charge in [-0.3, -0.25) is 10.1 Å². The molecule has 0 saturated heterocycles. The second-order valence-corrected chi connectivity index (χ2v) is 6.02. The van der Waals surface area contributed by atoms with E-state index in [4.69, 9.17) is 4.74 Å². The lowest BCUT2D eigenvalue weighted by atomic mass is 10.1. The minimum atomic E-state index is -0.228. The fourth-order valence-corrected chi connectivity index (χ4v) is 3.19. The summed E-state index contributed by atoms with van der Waals surface area (Å²) in [6.07, 6.45) is 4.78. The van der Waals surface area contributed by atoms with Crippen molar-refractivity contribution in [2.24, 2.45) is 0 Å². The Morgan fingerprint density at radius 1 is 1.25 bits per heavy atom. The van der Waals surface area contributed by atoms with E-state index in [9.17, 15) is 10.1 Å². The normalized spacial score (nSPS) is 12.1. The number of nitrogens with zero attached hydrogens (tertiary/aromatic N) is 1. The average Bonchev–Trinajstić information content (AvgIpc) is 2.45. The van der Waals surface area contributed by atoms with E-state index in [0.29, 0.717) is 0 Å². The van der Waals surface area contributed by atoms with Gasteiger partial charge in [0.15, 0.2) is 0 Å². The number of benzene rings is 1. The summed E-state index contributed by atoms with van der Waals surface area (Å²) in [7, 11) is 1.62. The SMILES string of the molecule is CCCCCCSC(C[N+](=O)[O-])c1ccc(OC)cc1. The van der Waals surface area contributed by atoms with Gasteiger partial charge in [0.1, 0.15) is 5.75 Å². The minimum Gasteiger partial charge on any atom is -0.497 e. The van der Waals surface area contributed by atoms with Gasteiger partial charge in [-0.15, -0.1) is 11.8 Å². The summed E-state index contributed by atoms with van der Waals surface area (Å²) < 4.78 is 5.11. The van der Waals surface area contributed by atoms with Crippen LogP contribution in [-0.4, -0.2) is 24.3 Å². The standard InChI is InChI=1S/C15H23NO3S/c1-3-4-5-6-11-20-15(12-16(17)18)13-7-9-14(19-2)10-8-13/h7-10,15H,3-6,11-12H2,1-2H3. The smallest absolute Gasteiger partial charge is 0.219 e. The van der Waals surface area contributed by atoms with Crippen LogP contribution in [0.5, 0.6) is 5.75 Å². The van der Waals surface area contributed by atoms with Gasteiger partial charge in [0.05, 0.1) is 12.4 Å². The Morgan fingerprint density at radius 3 is 2.50 bits per heavy atom. The maximum atomic E-state index is 10.8. The third-order valence-electron chi connectivity index (χ3n) is 3.12. The van der Waals surface area contributed by atoms with E-state index in [1.54, 1.807) is 18.9 Å². The van der Waals surface area contributed by atoms with Crippen LogP contribution in [0.3, 0.4) is 0 Å². The third-order valence-corrected chi connectivity index (χ3v) is 4.47. The summed E-state index contributed by atoms with van der Waals surface area (Å²) in [6.45, 7) is 2.16. The Hall–Kier alpha value is -1.23. The second-order valence-electron chi connectivity index (χ2n) is 4.71. The summed E-state index contributed by atoms with van der Waals surface area (Å²) in [5.74, 6) is 1.76. The molecule has 0 aliphatic carbocycles. The van der Waals surface area contributed by atoms with Crippen LogP contribution in [0, 0.1) is 10.1 Å². The molecule has 0 amide bonds. The second kappa shape index (κ2) is 9.64. The summed E-state index contributed by atoms with van der Waals surface area (Å²) >= 11 is 1.68. The molecular formula is C15H23NO3S. The number of nitro groups is 1. The predicted octanol–water partition coefficient (Wildman–Crippen LogP) is 4.33. The Balaban J connectivity index is 2.55. The quantitative estimate of drug-likeness (QED) is 0.366. The van der Waals surface area contributed by atoms with Crippen molar-refractivity contribution in [3.8, 4) is 5.75 Å². The van der Waals surface area contributed by atoms with Crippen LogP contribution in [0.25, 0.3) is 0 Å². The number of rotatable bonds is 10. The van der Waals surface area contributed by atoms with Gasteiger partial charge in [-0.1, -0.05) is 38.3 Å². The van der Waals surface area contributed by atoms with Crippen molar-refractivity contribution in [2.75, 3.05) is 19.4 Å². The van der Waals surface area contributed by atoms with Crippen molar-refractivity contribution in [1.82, 2.24) is 0 Å². The van der Waals surface area contributed by atoms with E-state index in [0.717, 1.165) is 23.5 Å². The van der Waals surface area contributed by atoms with Gasteiger partial charge in [-0.25, -0.2) is 0 Å². The van der Waals surface area contributed by atoms with Gasteiger partial charge in [0.2, 0.25) is 6.54 Å². The summed E-state index contributed by atoms with van der Waals surface area (Å²) in [6, 6.07) is 7.57. The van der Waals surface area contributed by atoms with Crippen LogP contribution >= 0.6 is 11.8 Å². The molecule has 112 valence electrons. The first kappa shape index (κ1) is 16.8. The first-order valence-corrected chi connectivity index (χ1v) is 8.09. The average molecular weight is 297 g/mol. The zero-order chi connectivity index (χ0) is 14.8. The zero-order valence-corrected chi connectivity index (χ0v) is 13.0. The number of hydrogen-bond donors (Lipinski definition) is 0. The van der Waals surface area contributed by atoms with E-state index < -0.39 is 0 Å². The number of methoxy groups -OCH3 is 1. The van der Waals surface area contributed by atoms with Crippen LogP contribution in [0.1, 0.15) is 43.4 Å². The molecule has 0 saturated carbocycles. The molecule has 1 atom stereocenters. The van der Waals surface area contributed by atoms with E-state index in [-0.39, 0.29) is 16.7 Å². The predicted molar refractivity (Wildman–Crippen MR) is 84.2 cm³/mol. The monoisotopic (exact) mass is 297 g/mol. The Morgan fingerprint density at radius 2 is 1.95 bits per heavy atom. The van der Waals surface area contributed by atoms with E-state index >= 15 is 0 Å². The fourth-order valence-electron chi connectivity index (χ4n) is 1.96. The van der Waals surface area contributed by atoms with Crippen LogP contribution in [0.2, 0.25) is 0 Å². The molecule has 0 bridgehead atoms. The molecule has 1 rings (SSSR count). The van der Waals surface area contributed by atoms with Crippen LogP contribution < -0.4 is 4.74 Å².